The number of hydrogen-bond donors (Lipinski definition) is 0. The van der Waals surface area contributed by atoms with Gasteiger partial charge in [0.15, 0.2) is 0 Å². The summed E-state index contributed by atoms with van der Waals surface area (Å²) in [5, 5.41) is 1.02. The molecule has 0 N–H and O–H groups in total. The average molecular weight is 253 g/mol. The number of aromatic nitrogens is 1. The van der Waals surface area contributed by atoms with Gasteiger partial charge in [-0.15, -0.1) is 0 Å². The first-order chi connectivity index (χ1) is 9.34. The molecule has 0 spiro atoms. The number of rotatable bonds is 3. The number of ether oxygens (including phenoxy) is 1. The summed E-state index contributed by atoms with van der Waals surface area (Å²) in [6.45, 7) is 0.174. The van der Waals surface area contributed by atoms with Crippen LogP contribution in [0.4, 0.5) is 0 Å². The summed E-state index contributed by atoms with van der Waals surface area (Å²) in [6.07, 6.45) is 3.16. The zero-order valence-electron chi connectivity index (χ0n) is 10.1. The van der Waals surface area contributed by atoms with Crippen LogP contribution in [0.1, 0.15) is 16.1 Å². The highest BCUT2D eigenvalue weighted by Crippen LogP contribution is 2.17. The lowest BCUT2D eigenvalue weighted by Crippen LogP contribution is -2.04. The van der Waals surface area contributed by atoms with Gasteiger partial charge in [-0.05, 0) is 18.2 Å². The van der Waals surface area contributed by atoms with Crippen LogP contribution in [0.25, 0.3) is 10.9 Å². The van der Waals surface area contributed by atoms with E-state index in [2.05, 4.69) is 4.98 Å². The average Bonchev–Trinajstić information content (AvgIpc) is 2.99. The van der Waals surface area contributed by atoms with Crippen LogP contribution in [0.3, 0.4) is 0 Å². The number of esters is 1. The summed E-state index contributed by atoms with van der Waals surface area (Å²) in [5.74, 6) is -0.272. The molecular formula is C15H11NO3. The molecule has 2 heterocycles. The Morgan fingerprint density at radius 2 is 2.05 bits per heavy atom. The Bertz CT molecular complexity index is 699. The summed E-state index contributed by atoms with van der Waals surface area (Å²) in [6, 6.07) is 12.9. The number of benzene rings is 1. The van der Waals surface area contributed by atoms with Crippen molar-refractivity contribution in [3.05, 3.63) is 66.2 Å². The fourth-order valence-electron chi connectivity index (χ4n) is 1.89. The van der Waals surface area contributed by atoms with Crippen LogP contribution >= 0.6 is 0 Å². The quantitative estimate of drug-likeness (QED) is 0.673. The van der Waals surface area contributed by atoms with Crippen LogP contribution < -0.4 is 0 Å². The van der Waals surface area contributed by atoms with Crippen molar-refractivity contribution in [3.63, 3.8) is 0 Å². The molecule has 0 fully saturated rings. The van der Waals surface area contributed by atoms with Crippen molar-refractivity contribution in [1.29, 1.82) is 0 Å². The minimum Gasteiger partial charge on any atom is -0.457 e. The number of para-hydroxylation sites is 1. The minimum atomic E-state index is -0.474. The predicted molar refractivity (Wildman–Crippen MR) is 69.6 cm³/mol. The molecule has 0 atom stereocenters. The van der Waals surface area contributed by atoms with Gasteiger partial charge < -0.3 is 9.15 Å². The molecule has 0 amide bonds. The highest BCUT2D eigenvalue weighted by Gasteiger charge is 2.11. The molecule has 4 nitrogen and oxygen atoms in total. The Kier molecular flexibility index (Phi) is 2.98. The molecule has 2 aromatic heterocycles. The molecule has 4 heteroatoms. The number of fused-ring (bicyclic) bond motifs is 1. The zero-order valence-corrected chi connectivity index (χ0v) is 10.1. The van der Waals surface area contributed by atoms with E-state index < -0.39 is 5.97 Å². The van der Waals surface area contributed by atoms with E-state index in [-0.39, 0.29) is 12.4 Å². The molecule has 0 aliphatic carbocycles. The van der Waals surface area contributed by atoms with Gasteiger partial charge in [0.2, 0.25) is 5.76 Å². The summed E-state index contributed by atoms with van der Waals surface area (Å²) in [4.78, 5) is 16.0. The topological polar surface area (TPSA) is 52.3 Å². The van der Waals surface area contributed by atoms with Gasteiger partial charge in [-0.25, -0.2) is 4.79 Å². The van der Waals surface area contributed by atoms with Crippen molar-refractivity contribution in [2.75, 3.05) is 0 Å². The second-order valence-electron chi connectivity index (χ2n) is 4.05. The second kappa shape index (κ2) is 4.94. The van der Waals surface area contributed by atoms with Gasteiger partial charge in [-0.1, -0.05) is 24.3 Å². The largest absolute Gasteiger partial charge is 0.457 e. The number of furan rings is 1. The number of carbonyl (C=O) groups is 1. The Labute approximate surface area is 109 Å². The van der Waals surface area contributed by atoms with Gasteiger partial charge in [0.1, 0.15) is 6.61 Å². The van der Waals surface area contributed by atoms with Crippen LogP contribution in [-0.2, 0) is 11.3 Å². The molecule has 0 saturated carbocycles. The van der Waals surface area contributed by atoms with Crippen LogP contribution in [0.5, 0.6) is 0 Å². The third kappa shape index (κ3) is 2.33. The number of nitrogens with zero attached hydrogens (tertiary/aromatic N) is 1. The molecule has 0 radical (unpaired) electrons. The summed E-state index contributed by atoms with van der Waals surface area (Å²) in [7, 11) is 0. The monoisotopic (exact) mass is 253 g/mol. The molecule has 0 unspecified atom stereocenters. The number of carbonyl (C=O) groups excluding carboxylic acids is 1. The Morgan fingerprint density at radius 3 is 2.89 bits per heavy atom. The van der Waals surface area contributed by atoms with Crippen LogP contribution in [0.2, 0.25) is 0 Å². The van der Waals surface area contributed by atoms with E-state index in [0.29, 0.717) is 0 Å². The minimum absolute atomic E-state index is 0.174. The van der Waals surface area contributed by atoms with E-state index in [4.69, 9.17) is 9.15 Å². The highest BCUT2D eigenvalue weighted by atomic mass is 16.5. The molecule has 0 aliphatic heterocycles. The Hall–Kier alpha value is -2.62. The summed E-state index contributed by atoms with van der Waals surface area (Å²) in [5.41, 5.74) is 1.72. The molecular weight excluding hydrogens is 242 g/mol. The van der Waals surface area contributed by atoms with Gasteiger partial charge in [0.05, 0.1) is 11.8 Å². The van der Waals surface area contributed by atoms with Crippen molar-refractivity contribution >= 4 is 16.9 Å². The first-order valence-electron chi connectivity index (χ1n) is 5.88. The van der Waals surface area contributed by atoms with Gasteiger partial charge in [0.25, 0.3) is 0 Å². The molecule has 3 rings (SSSR count). The van der Waals surface area contributed by atoms with E-state index in [1.165, 1.54) is 6.26 Å². The molecule has 0 aliphatic rings. The molecule has 3 aromatic rings. The maximum Gasteiger partial charge on any atom is 0.374 e. The molecule has 1 aromatic carbocycles. The number of hydrogen-bond acceptors (Lipinski definition) is 4. The van der Waals surface area contributed by atoms with E-state index in [9.17, 15) is 4.79 Å². The second-order valence-corrected chi connectivity index (χ2v) is 4.05. The molecule has 0 bridgehead atoms. The zero-order chi connectivity index (χ0) is 13.1. The van der Waals surface area contributed by atoms with Crippen molar-refractivity contribution in [3.8, 4) is 0 Å². The standard InChI is InChI=1S/C15H11NO3/c17-15(13-7-3-9-18-13)19-10-12-5-1-4-11-6-2-8-16-14(11)12/h1-9H,10H2. The molecule has 94 valence electrons. The van der Waals surface area contributed by atoms with Crippen molar-refractivity contribution in [2.24, 2.45) is 0 Å². The maximum atomic E-state index is 11.7. The van der Waals surface area contributed by atoms with E-state index in [1.54, 1.807) is 18.3 Å². The number of pyridine rings is 1. The third-order valence-electron chi connectivity index (χ3n) is 2.80. The van der Waals surface area contributed by atoms with Crippen molar-refractivity contribution < 1.29 is 13.9 Å². The van der Waals surface area contributed by atoms with Gasteiger partial charge in [-0.2, -0.15) is 0 Å². The lowest BCUT2D eigenvalue weighted by atomic mass is 10.1. The smallest absolute Gasteiger partial charge is 0.374 e. The lowest BCUT2D eigenvalue weighted by molar-refractivity contribution is 0.0437. The lowest BCUT2D eigenvalue weighted by Gasteiger charge is -2.06. The normalized spacial score (nSPS) is 10.5. The van der Waals surface area contributed by atoms with Crippen molar-refractivity contribution in [2.45, 2.75) is 6.61 Å². The van der Waals surface area contributed by atoms with Gasteiger partial charge in [-0.3, -0.25) is 4.98 Å². The predicted octanol–water partition coefficient (Wildman–Crippen LogP) is 3.18. The fraction of sp³-hybridized carbons (Fsp3) is 0.0667. The highest BCUT2D eigenvalue weighted by molar-refractivity contribution is 5.86. The Balaban J connectivity index is 1.81. The van der Waals surface area contributed by atoms with Crippen molar-refractivity contribution in [1.82, 2.24) is 4.98 Å². The van der Waals surface area contributed by atoms with Crippen LogP contribution in [-0.4, -0.2) is 11.0 Å². The maximum absolute atomic E-state index is 11.7. The van der Waals surface area contributed by atoms with E-state index in [1.807, 2.05) is 30.3 Å². The van der Waals surface area contributed by atoms with Gasteiger partial charge in [0, 0.05) is 17.1 Å². The summed E-state index contributed by atoms with van der Waals surface area (Å²) >= 11 is 0. The van der Waals surface area contributed by atoms with Gasteiger partial charge >= 0.3 is 5.97 Å². The first-order valence-corrected chi connectivity index (χ1v) is 5.88. The van der Waals surface area contributed by atoms with E-state index >= 15 is 0 Å². The Morgan fingerprint density at radius 1 is 1.16 bits per heavy atom. The fourth-order valence-corrected chi connectivity index (χ4v) is 1.89. The summed E-state index contributed by atoms with van der Waals surface area (Å²) < 4.78 is 10.2. The molecule has 19 heavy (non-hydrogen) atoms. The third-order valence-corrected chi connectivity index (χ3v) is 2.80. The SMILES string of the molecule is O=C(OCc1cccc2cccnc12)c1ccco1. The van der Waals surface area contributed by atoms with E-state index in [0.717, 1.165) is 16.5 Å². The molecule has 0 saturated heterocycles. The van der Waals surface area contributed by atoms with Crippen LogP contribution in [0.15, 0.2) is 59.3 Å². The first kappa shape index (κ1) is 11.5. The van der Waals surface area contributed by atoms with Crippen LogP contribution in [0, 0.1) is 0 Å².